The van der Waals surface area contributed by atoms with Gasteiger partial charge >= 0.3 is 0 Å². The second-order valence-corrected chi connectivity index (χ2v) is 9.04. The molecule has 2 atom stereocenters. The molecule has 0 heterocycles. The van der Waals surface area contributed by atoms with Crippen LogP contribution in [0.25, 0.3) is 0 Å². The molecule has 2 aliphatic rings. The lowest BCUT2D eigenvalue weighted by molar-refractivity contribution is -0.148. The van der Waals surface area contributed by atoms with E-state index in [-0.39, 0.29) is 11.1 Å². The van der Waals surface area contributed by atoms with Gasteiger partial charge in [0, 0.05) is 11.1 Å². The van der Waals surface area contributed by atoms with Gasteiger partial charge in [0.1, 0.15) is 11.9 Å². The summed E-state index contributed by atoms with van der Waals surface area (Å²) in [7, 11) is 1.43. The Balaban J connectivity index is 2.29. The van der Waals surface area contributed by atoms with E-state index in [0.29, 0.717) is 24.2 Å². The zero-order valence-corrected chi connectivity index (χ0v) is 19.0. The van der Waals surface area contributed by atoms with Gasteiger partial charge in [0.25, 0.3) is 0 Å². The second-order valence-electron chi connectivity index (χ2n) is 9.04. The molecule has 0 fully saturated rings. The van der Waals surface area contributed by atoms with E-state index in [1.165, 1.54) is 19.3 Å². The molecule has 1 unspecified atom stereocenters. The Hall–Kier alpha value is -2.79. The molecule has 2 aliphatic carbocycles. The van der Waals surface area contributed by atoms with Crippen LogP contribution in [-0.2, 0) is 9.59 Å². The molecule has 31 heavy (non-hydrogen) atoms. The second kappa shape index (κ2) is 8.04. The first-order valence-corrected chi connectivity index (χ1v) is 10.5. The van der Waals surface area contributed by atoms with Crippen molar-refractivity contribution in [3.05, 3.63) is 64.3 Å². The Morgan fingerprint density at radius 2 is 1.65 bits per heavy atom. The number of hydrogen-bond donors (Lipinski definition) is 1. The van der Waals surface area contributed by atoms with E-state index >= 15 is 0 Å². The third kappa shape index (κ3) is 3.23. The summed E-state index contributed by atoms with van der Waals surface area (Å²) in [4.78, 5) is 41.2. The number of carbonyl (C=O) groups excluding carboxylic acids is 3. The number of ether oxygens (including phenoxy) is 1. The van der Waals surface area contributed by atoms with E-state index in [1.807, 2.05) is 39.8 Å². The molecule has 1 aromatic carbocycles. The van der Waals surface area contributed by atoms with Gasteiger partial charge in [0.15, 0.2) is 22.8 Å². The van der Waals surface area contributed by atoms with Crippen LogP contribution in [-0.4, -0.2) is 29.6 Å². The standard InChI is InChI=1S/C26H30O5/c1-15(2)10-12-25(13-11-16(3)4)17(5)14-20(27)26(24(25)30)22(28)18-8-7-9-19(31-6)21(18)23(26)29/h7-11,14,23,29H,12-13H2,1-6H3/t23?,26-/m1/s1. The molecule has 1 N–H and O–H groups in total. The van der Waals surface area contributed by atoms with Crippen molar-refractivity contribution in [2.45, 2.75) is 53.6 Å². The fourth-order valence-electron chi connectivity index (χ4n) is 4.69. The summed E-state index contributed by atoms with van der Waals surface area (Å²) in [5, 5.41) is 11.4. The van der Waals surface area contributed by atoms with Crippen LogP contribution < -0.4 is 4.74 Å². The molecule has 0 saturated heterocycles. The Bertz CT molecular complexity index is 1030. The molecular weight excluding hydrogens is 392 g/mol. The maximum atomic E-state index is 14.3. The molecule has 0 amide bonds. The van der Waals surface area contributed by atoms with E-state index in [4.69, 9.17) is 4.74 Å². The predicted octanol–water partition coefficient (Wildman–Crippen LogP) is 4.71. The van der Waals surface area contributed by atoms with Gasteiger partial charge in [-0.25, -0.2) is 0 Å². The fraction of sp³-hybridized carbons (Fsp3) is 0.423. The average molecular weight is 423 g/mol. The van der Waals surface area contributed by atoms with E-state index in [0.717, 1.165) is 11.1 Å². The minimum atomic E-state index is -2.18. The highest BCUT2D eigenvalue weighted by atomic mass is 16.5. The maximum absolute atomic E-state index is 14.3. The summed E-state index contributed by atoms with van der Waals surface area (Å²) in [6, 6.07) is 4.78. The summed E-state index contributed by atoms with van der Waals surface area (Å²) in [6.45, 7) is 9.53. The summed E-state index contributed by atoms with van der Waals surface area (Å²) < 4.78 is 5.34. The van der Waals surface area contributed by atoms with Crippen molar-refractivity contribution in [3.63, 3.8) is 0 Å². The molecule has 1 aromatic rings. The van der Waals surface area contributed by atoms with Crippen LogP contribution in [0, 0.1) is 10.8 Å². The van der Waals surface area contributed by atoms with Crippen LogP contribution in [0.1, 0.15) is 69.5 Å². The summed E-state index contributed by atoms with van der Waals surface area (Å²) in [5.74, 6) is -1.54. The smallest absolute Gasteiger partial charge is 0.187 e. The molecule has 0 radical (unpaired) electrons. The van der Waals surface area contributed by atoms with Crippen LogP contribution in [0.5, 0.6) is 5.75 Å². The number of allylic oxidation sites excluding steroid dienone is 6. The lowest BCUT2D eigenvalue weighted by Crippen LogP contribution is -2.56. The number of benzene rings is 1. The van der Waals surface area contributed by atoms with Gasteiger partial charge in [-0.05, 0) is 59.6 Å². The lowest BCUT2D eigenvalue weighted by Gasteiger charge is -2.43. The van der Waals surface area contributed by atoms with Gasteiger partial charge < -0.3 is 9.84 Å². The van der Waals surface area contributed by atoms with E-state index < -0.39 is 34.3 Å². The molecule has 1 spiro atoms. The Labute approximate surface area is 183 Å². The number of aliphatic hydroxyl groups excluding tert-OH is 1. The SMILES string of the molecule is COc1cccc2c1C(O)[C@@]1(C(=O)C=C(C)C(CC=C(C)C)(CC=C(C)C)C1=O)C2=O. The molecule has 0 saturated carbocycles. The first kappa shape index (κ1) is 22.9. The zero-order valence-electron chi connectivity index (χ0n) is 19.0. The van der Waals surface area contributed by atoms with Crippen molar-refractivity contribution >= 4 is 17.3 Å². The van der Waals surface area contributed by atoms with Crippen molar-refractivity contribution in [2.24, 2.45) is 10.8 Å². The predicted molar refractivity (Wildman–Crippen MR) is 119 cm³/mol. The van der Waals surface area contributed by atoms with Crippen LogP contribution in [0.2, 0.25) is 0 Å². The number of hydrogen-bond acceptors (Lipinski definition) is 5. The minimum absolute atomic E-state index is 0.167. The number of aliphatic hydroxyl groups is 1. The van der Waals surface area contributed by atoms with Gasteiger partial charge in [-0.15, -0.1) is 0 Å². The van der Waals surface area contributed by atoms with Crippen molar-refractivity contribution in [1.82, 2.24) is 0 Å². The number of fused-ring (bicyclic) bond motifs is 1. The molecular formula is C26H30O5. The Morgan fingerprint density at radius 1 is 1.06 bits per heavy atom. The number of carbonyl (C=O) groups is 3. The maximum Gasteiger partial charge on any atom is 0.187 e. The molecule has 5 nitrogen and oxygen atoms in total. The van der Waals surface area contributed by atoms with Crippen LogP contribution in [0.4, 0.5) is 0 Å². The number of ketones is 3. The summed E-state index contributed by atoms with van der Waals surface area (Å²) in [6.07, 6.45) is 4.41. The average Bonchev–Trinajstić information content (AvgIpc) is 2.94. The molecule has 0 aromatic heterocycles. The first-order chi connectivity index (χ1) is 14.5. The third-order valence-corrected chi connectivity index (χ3v) is 6.57. The quantitative estimate of drug-likeness (QED) is 0.549. The highest BCUT2D eigenvalue weighted by molar-refractivity contribution is 6.36. The van der Waals surface area contributed by atoms with Gasteiger partial charge in [-0.3, -0.25) is 14.4 Å². The lowest BCUT2D eigenvalue weighted by atomic mass is 9.55. The van der Waals surface area contributed by atoms with Crippen LogP contribution >= 0.6 is 0 Å². The van der Waals surface area contributed by atoms with Crippen LogP contribution in [0.3, 0.4) is 0 Å². The van der Waals surface area contributed by atoms with Gasteiger partial charge in [0.05, 0.1) is 12.5 Å². The summed E-state index contributed by atoms with van der Waals surface area (Å²) >= 11 is 0. The van der Waals surface area contributed by atoms with Gasteiger partial charge in [0.2, 0.25) is 0 Å². The molecule has 0 aliphatic heterocycles. The van der Waals surface area contributed by atoms with E-state index in [1.54, 1.807) is 19.1 Å². The number of methoxy groups -OCH3 is 1. The van der Waals surface area contributed by atoms with Crippen molar-refractivity contribution < 1.29 is 24.2 Å². The fourth-order valence-corrected chi connectivity index (χ4v) is 4.69. The molecule has 5 heteroatoms. The molecule has 0 bridgehead atoms. The number of Topliss-reactive ketones (excluding diaryl/α,β-unsaturated/α-hetero) is 2. The minimum Gasteiger partial charge on any atom is -0.496 e. The Morgan fingerprint density at radius 3 is 2.16 bits per heavy atom. The largest absolute Gasteiger partial charge is 0.496 e. The van der Waals surface area contributed by atoms with E-state index in [9.17, 15) is 19.5 Å². The highest BCUT2D eigenvalue weighted by Gasteiger charge is 2.68. The summed E-state index contributed by atoms with van der Waals surface area (Å²) in [5.41, 5.74) is -0.206. The monoisotopic (exact) mass is 422 g/mol. The van der Waals surface area contributed by atoms with Gasteiger partial charge in [-0.2, -0.15) is 0 Å². The first-order valence-electron chi connectivity index (χ1n) is 10.5. The van der Waals surface area contributed by atoms with E-state index in [2.05, 4.69) is 0 Å². The van der Waals surface area contributed by atoms with Crippen molar-refractivity contribution in [2.75, 3.05) is 7.11 Å². The topological polar surface area (TPSA) is 80.7 Å². The van der Waals surface area contributed by atoms with Gasteiger partial charge in [-0.1, -0.05) is 41.0 Å². The third-order valence-electron chi connectivity index (χ3n) is 6.57. The Kier molecular flexibility index (Phi) is 5.94. The van der Waals surface area contributed by atoms with Crippen molar-refractivity contribution in [3.8, 4) is 5.75 Å². The molecule has 3 rings (SSSR count). The number of rotatable bonds is 5. The zero-order chi connectivity index (χ0) is 23.1. The molecule has 164 valence electrons. The normalized spacial score (nSPS) is 24.0. The van der Waals surface area contributed by atoms with Crippen molar-refractivity contribution in [1.29, 1.82) is 0 Å². The van der Waals surface area contributed by atoms with Crippen LogP contribution in [0.15, 0.2) is 53.1 Å². The highest BCUT2D eigenvalue weighted by Crippen LogP contribution is 2.58.